The van der Waals surface area contributed by atoms with Crippen molar-refractivity contribution in [3.05, 3.63) is 0 Å². The van der Waals surface area contributed by atoms with Crippen molar-refractivity contribution in [2.75, 3.05) is 6.61 Å². The molecule has 0 fully saturated rings. The molecule has 0 bridgehead atoms. The predicted octanol–water partition coefficient (Wildman–Crippen LogP) is 3.80. The molecule has 0 heterocycles. The standard InChI is InChI=1S/C11H24O3Si/c1-6-15(7-2,8-3)14-11(12)13-9-10(4)5/h10H,6-9H2,1-5H3. The molecule has 0 spiro atoms. The largest absolute Gasteiger partial charge is 0.494 e. The number of hydrogen-bond donors (Lipinski definition) is 0. The smallest absolute Gasteiger partial charge is 0.489 e. The van der Waals surface area contributed by atoms with E-state index < -0.39 is 14.5 Å². The minimum absolute atomic E-state index is 0.360. The minimum Gasteiger partial charge on any atom is -0.489 e. The van der Waals surface area contributed by atoms with Gasteiger partial charge in [-0.1, -0.05) is 34.6 Å². The molecule has 0 aliphatic rings. The Morgan fingerprint density at radius 1 is 1.13 bits per heavy atom. The van der Waals surface area contributed by atoms with Crippen molar-refractivity contribution in [2.24, 2.45) is 5.92 Å². The van der Waals surface area contributed by atoms with Crippen molar-refractivity contribution in [3.8, 4) is 0 Å². The van der Waals surface area contributed by atoms with Gasteiger partial charge in [-0.3, -0.25) is 0 Å². The summed E-state index contributed by atoms with van der Waals surface area (Å²) in [6, 6.07) is 2.91. The average Bonchev–Trinajstić information content (AvgIpc) is 2.23. The average molecular weight is 232 g/mol. The minimum atomic E-state index is -1.83. The molecule has 15 heavy (non-hydrogen) atoms. The molecule has 0 atom stereocenters. The third-order valence-corrected chi connectivity index (χ3v) is 7.23. The first-order valence-corrected chi connectivity index (χ1v) is 8.38. The Morgan fingerprint density at radius 3 is 1.93 bits per heavy atom. The Bertz CT molecular complexity index is 180. The molecular weight excluding hydrogens is 208 g/mol. The zero-order valence-electron chi connectivity index (χ0n) is 10.6. The number of rotatable bonds is 6. The van der Waals surface area contributed by atoms with Crippen LogP contribution in [0.5, 0.6) is 0 Å². The van der Waals surface area contributed by atoms with E-state index in [1.807, 2.05) is 13.8 Å². The predicted molar refractivity (Wildman–Crippen MR) is 64.5 cm³/mol. The number of hydrogen-bond acceptors (Lipinski definition) is 3. The lowest BCUT2D eigenvalue weighted by Crippen LogP contribution is -2.38. The first-order valence-electron chi connectivity index (χ1n) is 5.85. The van der Waals surface area contributed by atoms with E-state index in [0.717, 1.165) is 18.1 Å². The fourth-order valence-electron chi connectivity index (χ4n) is 1.41. The summed E-state index contributed by atoms with van der Waals surface area (Å²) in [6.45, 7) is 10.7. The zero-order chi connectivity index (χ0) is 11.9. The molecule has 0 saturated carbocycles. The highest BCUT2D eigenvalue weighted by Crippen LogP contribution is 2.22. The summed E-state index contributed by atoms with van der Waals surface area (Å²) in [4.78, 5) is 11.4. The van der Waals surface area contributed by atoms with Gasteiger partial charge in [-0.25, -0.2) is 4.79 Å². The molecule has 0 aliphatic heterocycles. The van der Waals surface area contributed by atoms with Gasteiger partial charge in [0.2, 0.25) is 0 Å². The highest BCUT2D eigenvalue weighted by Gasteiger charge is 2.33. The van der Waals surface area contributed by atoms with Gasteiger partial charge in [0.25, 0.3) is 8.32 Å². The van der Waals surface area contributed by atoms with E-state index >= 15 is 0 Å². The third kappa shape index (κ3) is 5.21. The van der Waals surface area contributed by atoms with Gasteiger partial charge >= 0.3 is 6.16 Å². The number of carbonyl (C=O) groups is 1. The molecule has 0 aromatic rings. The third-order valence-electron chi connectivity index (χ3n) is 2.77. The van der Waals surface area contributed by atoms with Crippen molar-refractivity contribution in [1.82, 2.24) is 0 Å². The van der Waals surface area contributed by atoms with Gasteiger partial charge in [0.15, 0.2) is 0 Å². The molecule has 0 N–H and O–H groups in total. The number of ether oxygens (including phenoxy) is 1. The van der Waals surface area contributed by atoms with E-state index in [1.54, 1.807) is 0 Å². The Balaban J connectivity index is 4.11. The molecule has 0 unspecified atom stereocenters. The number of carbonyl (C=O) groups excluding carboxylic acids is 1. The lowest BCUT2D eigenvalue weighted by Gasteiger charge is -2.26. The normalized spacial score (nSPS) is 11.6. The SMILES string of the molecule is CC[Si](CC)(CC)OC(=O)OCC(C)C. The molecule has 3 nitrogen and oxygen atoms in total. The maximum Gasteiger partial charge on any atom is 0.494 e. The monoisotopic (exact) mass is 232 g/mol. The molecule has 0 aliphatic carbocycles. The van der Waals surface area contributed by atoms with Crippen LogP contribution < -0.4 is 0 Å². The Hall–Kier alpha value is -0.513. The van der Waals surface area contributed by atoms with Crippen LogP contribution in [0.2, 0.25) is 18.1 Å². The molecule has 90 valence electrons. The van der Waals surface area contributed by atoms with Crippen LogP contribution in [0.25, 0.3) is 0 Å². The summed E-state index contributed by atoms with van der Waals surface area (Å²) in [5.41, 5.74) is 0. The van der Waals surface area contributed by atoms with E-state index in [1.165, 1.54) is 0 Å². The lowest BCUT2D eigenvalue weighted by molar-refractivity contribution is 0.0852. The first-order chi connectivity index (χ1) is 6.99. The Kier molecular flexibility index (Phi) is 6.64. The molecular formula is C11H24O3Si. The second-order valence-corrected chi connectivity index (χ2v) is 8.99. The molecule has 0 radical (unpaired) electrons. The molecule has 0 rings (SSSR count). The van der Waals surface area contributed by atoms with Crippen molar-refractivity contribution in [1.29, 1.82) is 0 Å². The van der Waals surface area contributed by atoms with Gasteiger partial charge in [0, 0.05) is 0 Å². The summed E-state index contributed by atoms with van der Waals surface area (Å²) in [7, 11) is -1.83. The van der Waals surface area contributed by atoms with Crippen molar-refractivity contribution in [3.63, 3.8) is 0 Å². The summed E-state index contributed by atoms with van der Waals surface area (Å²) < 4.78 is 10.6. The summed E-state index contributed by atoms with van der Waals surface area (Å²) in [5, 5.41) is 0. The lowest BCUT2D eigenvalue weighted by atomic mass is 10.2. The molecule has 0 aromatic heterocycles. The summed E-state index contributed by atoms with van der Waals surface area (Å²) >= 11 is 0. The molecule has 0 aromatic carbocycles. The van der Waals surface area contributed by atoms with E-state index in [0.29, 0.717) is 12.5 Å². The van der Waals surface area contributed by atoms with Crippen LogP contribution in [0.1, 0.15) is 34.6 Å². The highest BCUT2D eigenvalue weighted by atomic mass is 28.4. The van der Waals surface area contributed by atoms with E-state index in [-0.39, 0.29) is 0 Å². The second-order valence-electron chi connectivity index (χ2n) is 4.30. The van der Waals surface area contributed by atoms with Crippen LogP contribution in [-0.4, -0.2) is 21.1 Å². The quantitative estimate of drug-likeness (QED) is 0.516. The fourth-order valence-corrected chi connectivity index (χ4v) is 3.75. The maximum absolute atomic E-state index is 11.4. The zero-order valence-corrected chi connectivity index (χ0v) is 11.6. The van der Waals surface area contributed by atoms with Crippen LogP contribution in [0.15, 0.2) is 0 Å². The van der Waals surface area contributed by atoms with Crippen LogP contribution in [0, 0.1) is 5.92 Å². The highest BCUT2D eigenvalue weighted by molar-refractivity contribution is 6.74. The van der Waals surface area contributed by atoms with Gasteiger partial charge < -0.3 is 9.16 Å². The van der Waals surface area contributed by atoms with E-state index in [9.17, 15) is 4.79 Å². The van der Waals surface area contributed by atoms with Gasteiger partial charge in [-0.2, -0.15) is 0 Å². The Labute approximate surface area is 94.3 Å². The Morgan fingerprint density at radius 2 is 1.60 bits per heavy atom. The molecule has 0 amide bonds. The van der Waals surface area contributed by atoms with Crippen LogP contribution in [0.3, 0.4) is 0 Å². The van der Waals surface area contributed by atoms with Gasteiger partial charge in [0.05, 0.1) is 6.61 Å². The fraction of sp³-hybridized carbons (Fsp3) is 0.909. The van der Waals surface area contributed by atoms with Gasteiger partial charge in [-0.05, 0) is 24.1 Å². The summed E-state index contributed by atoms with van der Waals surface area (Å²) in [5.74, 6) is 0.360. The second kappa shape index (κ2) is 6.88. The van der Waals surface area contributed by atoms with E-state index in [2.05, 4.69) is 20.8 Å². The topological polar surface area (TPSA) is 35.5 Å². The molecule has 4 heteroatoms. The van der Waals surface area contributed by atoms with E-state index in [4.69, 9.17) is 9.16 Å². The van der Waals surface area contributed by atoms with Gasteiger partial charge in [0.1, 0.15) is 0 Å². The van der Waals surface area contributed by atoms with Crippen molar-refractivity contribution < 1.29 is 14.0 Å². The van der Waals surface area contributed by atoms with Gasteiger partial charge in [-0.15, -0.1) is 0 Å². The summed E-state index contributed by atoms with van der Waals surface area (Å²) in [6.07, 6.45) is -0.471. The van der Waals surface area contributed by atoms with Crippen LogP contribution >= 0.6 is 0 Å². The van der Waals surface area contributed by atoms with Crippen molar-refractivity contribution in [2.45, 2.75) is 52.8 Å². The molecule has 0 saturated heterocycles. The van der Waals surface area contributed by atoms with Crippen LogP contribution in [-0.2, 0) is 9.16 Å². The van der Waals surface area contributed by atoms with Crippen molar-refractivity contribution >= 4 is 14.5 Å². The first kappa shape index (κ1) is 14.5. The maximum atomic E-state index is 11.4. The van der Waals surface area contributed by atoms with Crippen LogP contribution in [0.4, 0.5) is 4.79 Å².